The minimum Gasteiger partial charge on any atom is -0.339 e. The van der Waals surface area contributed by atoms with Gasteiger partial charge in [0.05, 0.1) is 0 Å². The third kappa shape index (κ3) is 5.22. The van der Waals surface area contributed by atoms with Crippen LogP contribution in [-0.2, 0) is 0 Å². The standard InChI is InChI=1S/C26H31ClN4O2/c1-16(2)21-9-6-10-22(17(3)4)23(21)28-26(32)31-13-11-18(12-14-31)25-29-24(30-33-25)19-7-5-8-20(27)15-19/h5-10,15-18H,11-14H2,1-4H3,(H,28,32). The van der Waals surface area contributed by atoms with E-state index in [1.165, 1.54) is 11.1 Å². The van der Waals surface area contributed by atoms with E-state index in [0.717, 1.165) is 24.1 Å². The molecule has 6 nitrogen and oxygen atoms in total. The predicted octanol–water partition coefficient (Wildman–Crippen LogP) is 7.05. The van der Waals surface area contributed by atoms with Crippen LogP contribution in [-0.4, -0.2) is 34.2 Å². The smallest absolute Gasteiger partial charge is 0.321 e. The van der Waals surface area contributed by atoms with Crippen LogP contribution in [0.3, 0.4) is 0 Å². The molecule has 1 saturated heterocycles. The summed E-state index contributed by atoms with van der Waals surface area (Å²) in [6.07, 6.45) is 1.57. The molecule has 1 aliphatic heterocycles. The maximum absolute atomic E-state index is 13.1. The molecule has 3 aromatic rings. The van der Waals surface area contributed by atoms with E-state index in [0.29, 0.717) is 41.7 Å². The Morgan fingerprint density at radius 1 is 1.06 bits per heavy atom. The average molecular weight is 467 g/mol. The molecular formula is C26H31ClN4O2. The van der Waals surface area contributed by atoms with Gasteiger partial charge in [-0.1, -0.05) is 74.8 Å². The van der Waals surface area contributed by atoms with Gasteiger partial charge in [0.25, 0.3) is 0 Å². The topological polar surface area (TPSA) is 71.3 Å². The molecule has 0 atom stereocenters. The third-order valence-corrected chi connectivity index (χ3v) is 6.50. The van der Waals surface area contributed by atoms with Gasteiger partial charge in [0.1, 0.15) is 0 Å². The van der Waals surface area contributed by atoms with Gasteiger partial charge in [0.15, 0.2) is 0 Å². The fourth-order valence-corrected chi connectivity index (χ4v) is 4.55. The van der Waals surface area contributed by atoms with Crippen LogP contribution in [0.15, 0.2) is 47.0 Å². The molecule has 1 aliphatic rings. The van der Waals surface area contributed by atoms with Crippen molar-refractivity contribution in [3.8, 4) is 11.4 Å². The van der Waals surface area contributed by atoms with Crippen molar-refractivity contribution in [2.75, 3.05) is 18.4 Å². The number of rotatable bonds is 5. The predicted molar refractivity (Wildman–Crippen MR) is 132 cm³/mol. The molecule has 174 valence electrons. The Balaban J connectivity index is 1.42. The summed E-state index contributed by atoms with van der Waals surface area (Å²) in [6.45, 7) is 9.91. The first-order chi connectivity index (χ1) is 15.8. The van der Waals surface area contributed by atoms with Crippen LogP contribution >= 0.6 is 11.6 Å². The number of amides is 2. The number of nitrogens with zero attached hydrogens (tertiary/aromatic N) is 3. The number of hydrogen-bond acceptors (Lipinski definition) is 4. The van der Waals surface area contributed by atoms with Crippen molar-refractivity contribution in [1.29, 1.82) is 0 Å². The molecule has 1 N–H and O–H groups in total. The van der Waals surface area contributed by atoms with Crippen LogP contribution in [0.5, 0.6) is 0 Å². The molecule has 0 spiro atoms. The molecule has 0 unspecified atom stereocenters. The molecule has 33 heavy (non-hydrogen) atoms. The number of piperidine rings is 1. The number of carbonyl (C=O) groups excluding carboxylic acids is 1. The molecule has 0 radical (unpaired) electrons. The minimum absolute atomic E-state index is 0.0476. The first-order valence-corrected chi connectivity index (χ1v) is 12.0. The van der Waals surface area contributed by atoms with Crippen molar-refractivity contribution in [3.05, 3.63) is 64.5 Å². The number of anilines is 1. The van der Waals surface area contributed by atoms with Gasteiger partial charge in [-0.2, -0.15) is 4.98 Å². The highest BCUT2D eigenvalue weighted by Crippen LogP contribution is 2.34. The van der Waals surface area contributed by atoms with Gasteiger partial charge in [-0.25, -0.2) is 4.79 Å². The van der Waals surface area contributed by atoms with Crippen LogP contribution < -0.4 is 5.32 Å². The van der Waals surface area contributed by atoms with E-state index in [4.69, 9.17) is 16.1 Å². The van der Waals surface area contributed by atoms with Crippen molar-refractivity contribution in [2.24, 2.45) is 0 Å². The molecule has 1 fully saturated rings. The first-order valence-electron chi connectivity index (χ1n) is 11.6. The summed E-state index contributed by atoms with van der Waals surface area (Å²) < 4.78 is 5.55. The maximum Gasteiger partial charge on any atom is 0.321 e. The van der Waals surface area contributed by atoms with E-state index in [2.05, 4.69) is 61.4 Å². The SMILES string of the molecule is CC(C)c1cccc(C(C)C)c1NC(=O)N1CCC(c2nc(-c3cccc(Cl)c3)no2)CC1. The summed E-state index contributed by atoms with van der Waals surface area (Å²) in [7, 11) is 0. The number of urea groups is 1. The Hall–Kier alpha value is -2.86. The lowest BCUT2D eigenvalue weighted by Crippen LogP contribution is -2.41. The number of halogens is 1. The van der Waals surface area contributed by atoms with E-state index in [9.17, 15) is 4.79 Å². The zero-order valence-corrected chi connectivity index (χ0v) is 20.4. The number of benzene rings is 2. The Labute approximate surface area is 200 Å². The number of hydrogen-bond donors (Lipinski definition) is 1. The molecule has 2 aromatic carbocycles. The quantitative estimate of drug-likeness (QED) is 0.437. The fourth-order valence-electron chi connectivity index (χ4n) is 4.36. The van der Waals surface area contributed by atoms with Crippen LogP contribution in [0, 0.1) is 0 Å². The second kappa shape index (κ2) is 9.96. The summed E-state index contributed by atoms with van der Waals surface area (Å²) >= 11 is 6.08. The van der Waals surface area contributed by atoms with E-state index in [-0.39, 0.29) is 11.9 Å². The molecule has 0 bridgehead atoms. The van der Waals surface area contributed by atoms with E-state index in [1.54, 1.807) is 0 Å². The second-order valence-corrected chi connectivity index (χ2v) is 9.72. The molecule has 7 heteroatoms. The zero-order chi connectivity index (χ0) is 23.5. The monoisotopic (exact) mass is 466 g/mol. The van der Waals surface area contributed by atoms with Gasteiger partial charge >= 0.3 is 6.03 Å². The summed E-state index contributed by atoms with van der Waals surface area (Å²) in [5.74, 6) is 1.96. The van der Waals surface area contributed by atoms with E-state index < -0.39 is 0 Å². The van der Waals surface area contributed by atoms with Gasteiger partial charge in [0, 0.05) is 35.3 Å². The van der Waals surface area contributed by atoms with Crippen molar-refractivity contribution >= 4 is 23.3 Å². The first kappa shape index (κ1) is 23.3. The zero-order valence-electron chi connectivity index (χ0n) is 19.6. The van der Waals surface area contributed by atoms with Crippen molar-refractivity contribution in [2.45, 2.75) is 58.3 Å². The van der Waals surface area contributed by atoms with Crippen molar-refractivity contribution in [3.63, 3.8) is 0 Å². The summed E-state index contributed by atoms with van der Waals surface area (Å²) in [6, 6.07) is 13.7. The fraction of sp³-hybridized carbons (Fsp3) is 0.423. The number of carbonyl (C=O) groups is 1. The van der Waals surface area contributed by atoms with Gasteiger partial charge in [0.2, 0.25) is 11.7 Å². The normalized spacial score (nSPS) is 14.8. The summed E-state index contributed by atoms with van der Waals surface area (Å²) in [5, 5.41) is 7.98. The highest BCUT2D eigenvalue weighted by molar-refractivity contribution is 6.30. The number of para-hydroxylation sites is 1. The highest BCUT2D eigenvalue weighted by Gasteiger charge is 2.28. The largest absolute Gasteiger partial charge is 0.339 e. The number of nitrogens with one attached hydrogen (secondary N) is 1. The second-order valence-electron chi connectivity index (χ2n) is 9.28. The van der Waals surface area contributed by atoms with E-state index >= 15 is 0 Å². The van der Waals surface area contributed by atoms with Crippen LogP contribution in [0.1, 0.15) is 75.3 Å². The van der Waals surface area contributed by atoms with Crippen LogP contribution in [0.2, 0.25) is 5.02 Å². The maximum atomic E-state index is 13.1. The molecule has 2 heterocycles. The van der Waals surface area contributed by atoms with E-state index in [1.807, 2.05) is 29.2 Å². The lowest BCUT2D eigenvalue weighted by molar-refractivity contribution is 0.187. The number of aromatic nitrogens is 2. The Kier molecular flexibility index (Phi) is 7.03. The molecule has 4 rings (SSSR count). The van der Waals surface area contributed by atoms with Gasteiger partial charge in [-0.15, -0.1) is 0 Å². The summed E-state index contributed by atoms with van der Waals surface area (Å²) in [5.41, 5.74) is 4.13. The Morgan fingerprint density at radius 3 is 2.30 bits per heavy atom. The summed E-state index contributed by atoms with van der Waals surface area (Å²) in [4.78, 5) is 19.6. The van der Waals surface area contributed by atoms with Crippen LogP contribution in [0.4, 0.5) is 10.5 Å². The van der Waals surface area contributed by atoms with Crippen LogP contribution in [0.25, 0.3) is 11.4 Å². The number of likely N-dealkylation sites (tertiary alicyclic amines) is 1. The minimum atomic E-state index is -0.0476. The highest BCUT2D eigenvalue weighted by atomic mass is 35.5. The van der Waals surface area contributed by atoms with Crippen molar-refractivity contribution < 1.29 is 9.32 Å². The third-order valence-electron chi connectivity index (χ3n) is 6.26. The molecule has 1 aromatic heterocycles. The molecule has 0 aliphatic carbocycles. The lowest BCUT2D eigenvalue weighted by atomic mass is 9.92. The average Bonchev–Trinajstić information content (AvgIpc) is 3.29. The van der Waals surface area contributed by atoms with Gasteiger partial charge < -0.3 is 14.7 Å². The Bertz CT molecular complexity index is 1090. The Morgan fingerprint density at radius 2 is 1.70 bits per heavy atom. The molecule has 2 amide bonds. The van der Waals surface area contributed by atoms with Gasteiger partial charge in [-0.05, 0) is 47.9 Å². The lowest BCUT2D eigenvalue weighted by Gasteiger charge is -2.31. The van der Waals surface area contributed by atoms with Crippen molar-refractivity contribution in [1.82, 2.24) is 15.0 Å². The molecular weight excluding hydrogens is 436 g/mol. The molecule has 0 saturated carbocycles. The van der Waals surface area contributed by atoms with Gasteiger partial charge in [-0.3, -0.25) is 0 Å².